The van der Waals surface area contributed by atoms with Crippen molar-refractivity contribution in [2.75, 3.05) is 32.4 Å². The first-order valence-corrected chi connectivity index (χ1v) is 7.77. The van der Waals surface area contributed by atoms with E-state index >= 15 is 0 Å². The number of benzene rings is 1. The minimum atomic E-state index is -4.34. The minimum absolute atomic E-state index is 0. The highest BCUT2D eigenvalue weighted by molar-refractivity contribution is 8.00. The summed E-state index contributed by atoms with van der Waals surface area (Å²) in [5.41, 5.74) is 1.60. The molecule has 0 aromatic heterocycles. The molecule has 0 saturated heterocycles. The van der Waals surface area contributed by atoms with Crippen LogP contribution in [0.1, 0.15) is 6.42 Å². The molecule has 144 valence electrons. The number of carbonyl (C=O) groups excluding carboxylic acids is 1. The van der Waals surface area contributed by atoms with Gasteiger partial charge in [0.1, 0.15) is 0 Å². The number of rotatable bonds is 8. The van der Waals surface area contributed by atoms with Crippen molar-refractivity contribution in [2.24, 2.45) is 5.73 Å². The van der Waals surface area contributed by atoms with Crippen LogP contribution >= 0.6 is 24.2 Å². The first kappa shape index (κ1) is 23.5. The maximum absolute atomic E-state index is 12.1. The van der Waals surface area contributed by atoms with Gasteiger partial charge in [0.15, 0.2) is 11.5 Å². The van der Waals surface area contributed by atoms with E-state index in [0.29, 0.717) is 22.9 Å². The lowest BCUT2D eigenvalue weighted by Crippen LogP contribution is -2.36. The Labute approximate surface area is 154 Å². The first-order valence-electron chi connectivity index (χ1n) is 6.79. The highest BCUT2D eigenvalue weighted by Gasteiger charge is 2.28. The molecule has 3 N–H and O–H groups in total. The molecule has 1 aromatic rings. The molecule has 1 unspecified atom stereocenters. The van der Waals surface area contributed by atoms with Gasteiger partial charge in [-0.25, -0.2) is 0 Å². The van der Waals surface area contributed by atoms with E-state index in [-0.39, 0.29) is 36.3 Å². The number of nitrogens with one attached hydrogen (secondary N) is 1. The van der Waals surface area contributed by atoms with Gasteiger partial charge in [-0.05, 0) is 6.42 Å². The molecule has 0 fully saturated rings. The molecule has 1 aromatic carbocycles. The van der Waals surface area contributed by atoms with E-state index in [0.717, 1.165) is 0 Å². The van der Waals surface area contributed by atoms with Crippen molar-refractivity contribution in [3.05, 3.63) is 12.1 Å². The Hall–Kier alpha value is -1.52. The van der Waals surface area contributed by atoms with Crippen molar-refractivity contribution < 1.29 is 32.2 Å². The van der Waals surface area contributed by atoms with Crippen molar-refractivity contribution in [1.82, 2.24) is 0 Å². The van der Waals surface area contributed by atoms with Crippen LogP contribution in [0.4, 0.5) is 18.9 Å². The number of thioether (sulfide) groups is 1. The van der Waals surface area contributed by atoms with Crippen LogP contribution in [0.3, 0.4) is 0 Å². The van der Waals surface area contributed by atoms with Gasteiger partial charge in [-0.3, -0.25) is 4.79 Å². The van der Waals surface area contributed by atoms with Crippen LogP contribution in [0.25, 0.3) is 0 Å². The summed E-state index contributed by atoms with van der Waals surface area (Å²) in [4.78, 5) is 12.0. The molecule has 6 nitrogen and oxygen atoms in total. The smallest absolute Gasteiger partial charge is 0.441 e. The predicted molar refractivity (Wildman–Crippen MR) is 93.1 cm³/mol. The summed E-state index contributed by atoms with van der Waals surface area (Å²) in [7, 11) is 4.28. The average molecular weight is 405 g/mol. The number of amides is 1. The lowest BCUT2D eigenvalue weighted by molar-refractivity contribution is -0.117. The highest BCUT2D eigenvalue weighted by Crippen LogP contribution is 2.40. The fourth-order valence-corrected chi connectivity index (χ4v) is 2.42. The Kier molecular flexibility index (Phi) is 9.83. The number of ether oxygens (including phenoxy) is 3. The number of anilines is 1. The molecule has 11 heteroatoms. The SMILES string of the molecule is COc1cc(NC(=O)C(N)CCSC(F)(F)F)cc(OC)c1OC.Cl. The van der Waals surface area contributed by atoms with Gasteiger partial charge in [-0.15, -0.1) is 12.4 Å². The second kappa shape index (κ2) is 10.5. The fraction of sp³-hybridized carbons (Fsp3) is 0.500. The number of halogens is 4. The van der Waals surface area contributed by atoms with Crippen molar-refractivity contribution in [2.45, 2.75) is 18.0 Å². The molecule has 0 aliphatic carbocycles. The first-order chi connectivity index (χ1) is 11.2. The van der Waals surface area contributed by atoms with Crippen molar-refractivity contribution in [1.29, 1.82) is 0 Å². The molecule has 0 bridgehead atoms. The van der Waals surface area contributed by atoms with Gasteiger partial charge < -0.3 is 25.3 Å². The van der Waals surface area contributed by atoms with Crippen molar-refractivity contribution >= 4 is 35.8 Å². The summed E-state index contributed by atoms with van der Waals surface area (Å²) in [5.74, 6) is 0.102. The zero-order valence-electron chi connectivity index (χ0n) is 13.8. The molecule has 0 saturated carbocycles. The van der Waals surface area contributed by atoms with E-state index in [4.69, 9.17) is 19.9 Å². The summed E-state index contributed by atoms with van der Waals surface area (Å²) in [5, 5.41) is 2.52. The zero-order chi connectivity index (χ0) is 18.3. The lowest BCUT2D eigenvalue weighted by Gasteiger charge is -2.16. The molecule has 0 aliphatic heterocycles. The van der Waals surface area contributed by atoms with E-state index in [1.54, 1.807) is 0 Å². The molecule has 0 spiro atoms. The second-order valence-electron chi connectivity index (χ2n) is 4.59. The molecule has 0 heterocycles. The third-order valence-corrected chi connectivity index (χ3v) is 3.73. The zero-order valence-corrected chi connectivity index (χ0v) is 15.4. The summed E-state index contributed by atoms with van der Waals surface area (Å²) in [6.45, 7) is 0. The van der Waals surface area contributed by atoms with Crippen LogP contribution in [0, 0.1) is 0 Å². The number of alkyl halides is 3. The molecule has 1 rings (SSSR count). The summed E-state index contributed by atoms with van der Waals surface area (Å²) in [6.07, 6.45) is -0.111. The Bertz CT molecular complexity index is 550. The summed E-state index contributed by atoms with van der Waals surface area (Å²) >= 11 is -0.214. The van der Waals surface area contributed by atoms with E-state index in [1.807, 2.05) is 0 Å². The Balaban J connectivity index is 0.00000576. The highest BCUT2D eigenvalue weighted by atomic mass is 35.5. The lowest BCUT2D eigenvalue weighted by atomic mass is 10.2. The number of hydrogen-bond donors (Lipinski definition) is 2. The largest absolute Gasteiger partial charge is 0.493 e. The standard InChI is InChI=1S/C14H19F3N2O4S.ClH/c1-21-10-6-8(7-11(22-2)12(10)23-3)19-13(20)9(18)4-5-24-14(15,16)17;/h6-7,9H,4-5,18H2,1-3H3,(H,19,20);1H. The van der Waals surface area contributed by atoms with Crippen LogP contribution in [-0.2, 0) is 4.79 Å². The quantitative estimate of drug-likeness (QED) is 0.693. The minimum Gasteiger partial charge on any atom is -0.493 e. The molecule has 0 radical (unpaired) electrons. The molecule has 25 heavy (non-hydrogen) atoms. The van der Waals surface area contributed by atoms with Gasteiger partial charge in [0.25, 0.3) is 0 Å². The van der Waals surface area contributed by atoms with E-state index in [1.165, 1.54) is 33.5 Å². The van der Waals surface area contributed by atoms with E-state index < -0.39 is 17.5 Å². The normalized spacial score (nSPS) is 12.0. The van der Waals surface area contributed by atoms with E-state index in [2.05, 4.69) is 5.32 Å². The third-order valence-electron chi connectivity index (χ3n) is 2.96. The maximum Gasteiger partial charge on any atom is 0.441 e. The van der Waals surface area contributed by atoms with Gasteiger partial charge in [0.05, 0.1) is 27.4 Å². The molecule has 1 atom stereocenters. The number of hydrogen-bond acceptors (Lipinski definition) is 6. The topological polar surface area (TPSA) is 82.8 Å². The number of carbonyl (C=O) groups is 1. The average Bonchev–Trinajstić information content (AvgIpc) is 2.52. The van der Waals surface area contributed by atoms with Gasteiger partial charge >= 0.3 is 5.51 Å². The Morgan fingerprint density at radius 2 is 1.72 bits per heavy atom. The van der Waals surface area contributed by atoms with Crippen molar-refractivity contribution in [3.8, 4) is 17.2 Å². The molecule has 1 amide bonds. The van der Waals surface area contributed by atoms with Gasteiger partial charge in [-0.2, -0.15) is 13.2 Å². The maximum atomic E-state index is 12.1. The predicted octanol–water partition coefficient (Wildman–Crippen LogP) is 3.04. The number of nitrogens with two attached hydrogens (primary N) is 1. The third kappa shape index (κ3) is 7.49. The second-order valence-corrected chi connectivity index (χ2v) is 5.75. The fourth-order valence-electron chi connectivity index (χ4n) is 1.82. The monoisotopic (exact) mass is 404 g/mol. The van der Waals surface area contributed by atoms with Crippen LogP contribution in [0.2, 0.25) is 0 Å². The van der Waals surface area contributed by atoms with Gasteiger partial charge in [0.2, 0.25) is 11.7 Å². The number of methoxy groups -OCH3 is 3. The Morgan fingerprint density at radius 3 is 2.12 bits per heavy atom. The molecular weight excluding hydrogens is 385 g/mol. The summed E-state index contributed by atoms with van der Waals surface area (Å²) in [6, 6.07) is 1.92. The molecule has 0 aliphatic rings. The van der Waals surface area contributed by atoms with E-state index in [9.17, 15) is 18.0 Å². The van der Waals surface area contributed by atoms with Crippen LogP contribution < -0.4 is 25.3 Å². The Morgan fingerprint density at radius 1 is 1.20 bits per heavy atom. The van der Waals surface area contributed by atoms with Crippen molar-refractivity contribution in [3.63, 3.8) is 0 Å². The summed E-state index contributed by atoms with van der Waals surface area (Å²) < 4.78 is 51.7. The van der Waals surface area contributed by atoms with Gasteiger partial charge in [-0.1, -0.05) is 11.8 Å². The molecular formula is C14H20ClF3N2O4S. The van der Waals surface area contributed by atoms with Crippen LogP contribution in [0.5, 0.6) is 17.2 Å². The van der Waals surface area contributed by atoms with Crippen LogP contribution in [-0.4, -0.2) is 44.5 Å². The van der Waals surface area contributed by atoms with Gasteiger partial charge in [0, 0.05) is 23.6 Å². The van der Waals surface area contributed by atoms with Crippen LogP contribution in [0.15, 0.2) is 12.1 Å².